The van der Waals surface area contributed by atoms with Crippen LogP contribution in [0.3, 0.4) is 0 Å². The monoisotopic (exact) mass is 530 g/mol. The van der Waals surface area contributed by atoms with E-state index in [0.29, 0.717) is 23.4 Å². The van der Waals surface area contributed by atoms with Gasteiger partial charge in [-0.25, -0.2) is 4.79 Å². The molecule has 0 aliphatic heterocycles. The molecule has 0 bridgehead atoms. The fourth-order valence-corrected chi connectivity index (χ4v) is 5.83. The number of hydrogen-bond donors (Lipinski definition) is 1. The van der Waals surface area contributed by atoms with E-state index in [0.717, 1.165) is 52.1 Å². The van der Waals surface area contributed by atoms with Gasteiger partial charge in [0.25, 0.3) is 0 Å². The summed E-state index contributed by atoms with van der Waals surface area (Å²) in [6, 6.07) is 15.9. The molecule has 1 unspecified atom stereocenters. The summed E-state index contributed by atoms with van der Waals surface area (Å²) < 4.78 is 22.5. The summed E-state index contributed by atoms with van der Waals surface area (Å²) in [7, 11) is 0.651. The Labute approximate surface area is 223 Å². The third-order valence-electron chi connectivity index (χ3n) is 6.85. The van der Waals surface area contributed by atoms with Crippen LogP contribution in [0, 0.1) is 11.3 Å². The van der Waals surface area contributed by atoms with Crippen LogP contribution in [0.25, 0.3) is 22.2 Å². The quantitative estimate of drug-likeness (QED) is 0.329. The predicted octanol–water partition coefficient (Wildman–Crippen LogP) is 5.34. The third-order valence-corrected chi connectivity index (χ3v) is 8.21. The molecule has 1 amide bonds. The van der Waals surface area contributed by atoms with Crippen LogP contribution in [-0.4, -0.2) is 41.5 Å². The van der Waals surface area contributed by atoms with Crippen molar-refractivity contribution in [2.75, 3.05) is 11.1 Å². The van der Waals surface area contributed by atoms with Crippen molar-refractivity contribution in [2.24, 2.45) is 7.05 Å². The Morgan fingerprint density at radius 2 is 2.00 bits per heavy atom. The van der Waals surface area contributed by atoms with Gasteiger partial charge in [0.1, 0.15) is 18.2 Å². The molecule has 1 fully saturated rings. The van der Waals surface area contributed by atoms with Gasteiger partial charge in [-0.3, -0.25) is 9.53 Å². The predicted molar refractivity (Wildman–Crippen MR) is 146 cm³/mol. The van der Waals surface area contributed by atoms with Crippen molar-refractivity contribution in [1.82, 2.24) is 19.3 Å². The Hall–Kier alpha value is -3.97. The number of aromatic nitrogens is 4. The van der Waals surface area contributed by atoms with E-state index >= 15 is 0 Å². The van der Waals surface area contributed by atoms with Gasteiger partial charge in [-0.2, -0.15) is 5.26 Å². The van der Waals surface area contributed by atoms with Gasteiger partial charge in [0.05, 0.1) is 33.7 Å². The van der Waals surface area contributed by atoms with Crippen LogP contribution in [-0.2, 0) is 29.0 Å². The maximum absolute atomic E-state index is 13.2. The Bertz CT molecular complexity index is 1540. The van der Waals surface area contributed by atoms with Gasteiger partial charge < -0.3 is 13.9 Å². The van der Waals surface area contributed by atoms with Gasteiger partial charge in [-0.1, -0.05) is 18.2 Å². The van der Waals surface area contributed by atoms with Crippen LogP contribution in [0.2, 0.25) is 0 Å². The largest absolute Gasteiger partial charge is 0.447 e. The van der Waals surface area contributed by atoms with Crippen LogP contribution in [0.15, 0.2) is 53.7 Å². The zero-order chi connectivity index (χ0) is 26.8. The highest BCUT2D eigenvalue weighted by Crippen LogP contribution is 2.43. The molecule has 2 heterocycles. The highest BCUT2D eigenvalue weighted by Gasteiger charge is 2.28. The lowest BCUT2D eigenvalue weighted by atomic mass is 9.92. The van der Waals surface area contributed by atoms with Gasteiger partial charge >= 0.3 is 6.09 Å². The van der Waals surface area contributed by atoms with Gasteiger partial charge in [0.15, 0.2) is 0 Å². The minimum atomic E-state index is -1.22. The number of ether oxygens (including phenoxy) is 1. The molecule has 1 saturated carbocycles. The van der Waals surface area contributed by atoms with Gasteiger partial charge in [0.2, 0.25) is 0 Å². The van der Waals surface area contributed by atoms with Crippen LogP contribution in [0.1, 0.15) is 50.5 Å². The summed E-state index contributed by atoms with van der Waals surface area (Å²) in [5, 5.41) is 21.8. The number of amides is 1. The molecule has 1 N–H and O–H groups in total. The fourth-order valence-electron chi connectivity index (χ4n) is 4.76. The molecule has 0 radical (unpaired) electrons. The minimum Gasteiger partial charge on any atom is -0.447 e. The lowest BCUT2D eigenvalue weighted by Gasteiger charge is -2.30. The molecule has 196 valence electrons. The van der Waals surface area contributed by atoms with E-state index in [-0.39, 0.29) is 12.1 Å². The van der Waals surface area contributed by atoms with Crippen molar-refractivity contribution in [2.45, 2.75) is 56.6 Å². The van der Waals surface area contributed by atoms with E-state index < -0.39 is 16.9 Å². The number of rotatable bonds is 8. The number of hydrogen-bond acceptors (Lipinski definition) is 6. The Kier molecular flexibility index (Phi) is 7.29. The van der Waals surface area contributed by atoms with Crippen LogP contribution >= 0.6 is 0 Å². The summed E-state index contributed by atoms with van der Waals surface area (Å²) >= 11 is 0. The number of carbonyl (C=O) groups excluding carboxylic acids is 1. The van der Waals surface area contributed by atoms with E-state index in [1.165, 1.54) is 0 Å². The molecule has 38 heavy (non-hydrogen) atoms. The smallest absolute Gasteiger partial charge is 0.411 e. The van der Waals surface area contributed by atoms with Crippen molar-refractivity contribution >= 4 is 33.5 Å². The Balaban J connectivity index is 1.50. The number of aryl methyl sites for hydroxylation is 2. The van der Waals surface area contributed by atoms with Crippen molar-refractivity contribution in [3.8, 4) is 17.3 Å². The summed E-state index contributed by atoms with van der Waals surface area (Å²) in [5.74, 6) is 1.23. The number of nitrogens with zero attached hydrogens (tertiary/aromatic N) is 5. The van der Waals surface area contributed by atoms with Gasteiger partial charge in [-0.15, -0.1) is 10.2 Å². The first-order valence-electron chi connectivity index (χ1n) is 12.7. The second-order valence-corrected chi connectivity index (χ2v) is 11.4. The topological polar surface area (TPSA) is 115 Å². The molecular formula is C28H30N6O3S. The molecule has 0 saturated heterocycles. The zero-order valence-corrected chi connectivity index (χ0v) is 22.5. The van der Waals surface area contributed by atoms with E-state index in [4.69, 9.17) is 4.74 Å². The van der Waals surface area contributed by atoms with Crippen molar-refractivity contribution in [3.63, 3.8) is 0 Å². The maximum Gasteiger partial charge on any atom is 0.411 e. The molecule has 2 aromatic heterocycles. The molecule has 0 spiro atoms. The molecule has 2 aromatic carbocycles. The number of nitriles is 1. The van der Waals surface area contributed by atoms with Crippen LogP contribution in [0.4, 0.5) is 10.5 Å². The molecule has 1 aliphatic carbocycles. The molecule has 9 nitrogen and oxygen atoms in total. The summed E-state index contributed by atoms with van der Waals surface area (Å²) in [6.45, 7) is 3.59. The summed E-state index contributed by atoms with van der Waals surface area (Å²) in [4.78, 5) is 12.7. The number of benzene rings is 2. The van der Waals surface area contributed by atoms with Crippen molar-refractivity contribution in [3.05, 3.63) is 60.2 Å². The first-order valence-corrected chi connectivity index (χ1v) is 14.0. The highest BCUT2D eigenvalue weighted by molar-refractivity contribution is 7.85. The first-order chi connectivity index (χ1) is 18.4. The first kappa shape index (κ1) is 25.7. The maximum atomic E-state index is 13.2. The second-order valence-electron chi connectivity index (χ2n) is 9.78. The molecule has 5 rings (SSSR count). The molecule has 4 aromatic rings. The molecule has 10 heteroatoms. The lowest BCUT2D eigenvalue weighted by Crippen LogP contribution is -2.18. The van der Waals surface area contributed by atoms with Crippen molar-refractivity contribution in [1.29, 1.82) is 5.26 Å². The lowest BCUT2D eigenvalue weighted by molar-refractivity contribution is 0.130. The number of fused-ring (bicyclic) bond motifs is 1. The SMILES string of the molecule is CC(C)OC(=O)Nc1ccc(-c2c(C#N)c3ccc(S(=O)CCc4nncn4C)cc3n2C2CCC2)cc1. The molecule has 1 aliphatic rings. The van der Waals surface area contributed by atoms with E-state index in [2.05, 4.69) is 26.2 Å². The van der Waals surface area contributed by atoms with E-state index in [1.807, 2.05) is 54.1 Å². The minimum absolute atomic E-state index is 0.211. The summed E-state index contributed by atoms with van der Waals surface area (Å²) in [6.07, 6.45) is 4.68. The highest BCUT2D eigenvalue weighted by atomic mass is 32.2. The summed E-state index contributed by atoms with van der Waals surface area (Å²) in [5.41, 5.74) is 3.88. The second kappa shape index (κ2) is 10.8. The molecular weight excluding hydrogens is 500 g/mol. The average Bonchev–Trinajstić information content (AvgIpc) is 3.41. The van der Waals surface area contributed by atoms with Crippen molar-refractivity contribution < 1.29 is 13.7 Å². The fraction of sp³-hybridized carbons (Fsp3) is 0.357. The third kappa shape index (κ3) is 5.07. The standard InChI is InChI=1S/C28H30N6O3S/c1-18(2)37-28(35)31-20-9-7-19(8-10-20)27-24(16-29)23-12-11-22(15-25(23)34(27)21-5-4-6-21)38(36)14-13-26-32-30-17-33(26)3/h7-12,15,17-18,21H,4-6,13-14H2,1-3H3,(H,31,35). The zero-order valence-electron chi connectivity index (χ0n) is 21.7. The number of carbonyl (C=O) groups is 1. The van der Waals surface area contributed by atoms with Gasteiger partial charge in [0, 0.05) is 41.2 Å². The van der Waals surface area contributed by atoms with Crippen LogP contribution in [0.5, 0.6) is 0 Å². The number of nitrogens with one attached hydrogen (secondary N) is 1. The number of anilines is 1. The van der Waals surface area contributed by atoms with E-state index in [1.54, 1.807) is 20.2 Å². The average molecular weight is 531 g/mol. The molecule has 1 atom stereocenters. The Morgan fingerprint density at radius 3 is 2.61 bits per heavy atom. The van der Waals surface area contributed by atoms with E-state index in [9.17, 15) is 14.3 Å². The van der Waals surface area contributed by atoms with Crippen LogP contribution < -0.4 is 5.32 Å². The Morgan fingerprint density at radius 1 is 1.24 bits per heavy atom. The normalized spacial score (nSPS) is 14.3. The van der Waals surface area contributed by atoms with Gasteiger partial charge in [-0.05, 0) is 62.9 Å².